The first-order valence-corrected chi connectivity index (χ1v) is 8.39. The van der Waals surface area contributed by atoms with Gasteiger partial charge in [-0.1, -0.05) is 31.0 Å². The first-order valence-electron chi connectivity index (χ1n) is 8.39. The van der Waals surface area contributed by atoms with Crippen LogP contribution < -0.4 is 5.32 Å². The highest BCUT2D eigenvalue weighted by atomic mass is 16.4. The second kappa shape index (κ2) is 6.11. The van der Waals surface area contributed by atoms with E-state index in [9.17, 15) is 4.79 Å². The van der Waals surface area contributed by atoms with Crippen molar-refractivity contribution in [3.05, 3.63) is 36.2 Å². The highest BCUT2D eigenvalue weighted by Crippen LogP contribution is 2.27. The smallest absolute Gasteiger partial charge is 0.264 e. The Kier molecular flexibility index (Phi) is 3.80. The zero-order valence-electron chi connectivity index (χ0n) is 13.7. The third-order valence-corrected chi connectivity index (χ3v) is 4.58. The normalized spacial score (nSPS) is 15.2. The van der Waals surface area contributed by atoms with Crippen LogP contribution in [0.5, 0.6) is 0 Å². The molecule has 1 aliphatic rings. The lowest BCUT2D eigenvalue weighted by molar-refractivity contribution is -0.122. The monoisotopic (exact) mass is 324 g/mol. The van der Waals surface area contributed by atoms with Crippen molar-refractivity contribution in [1.29, 1.82) is 0 Å². The van der Waals surface area contributed by atoms with E-state index in [1.165, 1.54) is 12.8 Å². The Hall–Kier alpha value is -2.63. The minimum Gasteiger partial charge on any atom is -0.420 e. The number of aryl methyl sites for hydroxylation is 1. The highest BCUT2D eigenvalue weighted by Gasteiger charge is 2.20. The van der Waals surface area contributed by atoms with Gasteiger partial charge in [0.1, 0.15) is 12.2 Å². The van der Waals surface area contributed by atoms with Crippen molar-refractivity contribution in [1.82, 2.24) is 20.1 Å². The van der Waals surface area contributed by atoms with Gasteiger partial charge in [0.05, 0.1) is 0 Å². The molecule has 0 saturated heterocycles. The van der Waals surface area contributed by atoms with Crippen molar-refractivity contribution in [3.8, 4) is 11.6 Å². The van der Waals surface area contributed by atoms with E-state index in [4.69, 9.17) is 4.42 Å². The van der Waals surface area contributed by atoms with E-state index in [0.717, 1.165) is 29.4 Å². The Morgan fingerprint density at radius 2 is 2.08 bits per heavy atom. The molecule has 6 heteroatoms. The zero-order valence-corrected chi connectivity index (χ0v) is 13.7. The van der Waals surface area contributed by atoms with Crippen molar-refractivity contribution < 1.29 is 9.21 Å². The zero-order chi connectivity index (χ0) is 16.5. The van der Waals surface area contributed by atoms with Crippen LogP contribution in [0.2, 0.25) is 0 Å². The molecule has 0 spiro atoms. The highest BCUT2D eigenvalue weighted by molar-refractivity contribution is 5.88. The lowest BCUT2D eigenvalue weighted by Crippen LogP contribution is -2.35. The molecule has 1 aliphatic carbocycles. The predicted octanol–water partition coefficient (Wildman–Crippen LogP) is 3.06. The Balaban J connectivity index is 1.68. The predicted molar refractivity (Wildman–Crippen MR) is 90.4 cm³/mol. The summed E-state index contributed by atoms with van der Waals surface area (Å²) >= 11 is 0. The Morgan fingerprint density at radius 3 is 2.83 bits per heavy atom. The van der Waals surface area contributed by atoms with Crippen LogP contribution in [-0.4, -0.2) is 26.7 Å². The van der Waals surface area contributed by atoms with Gasteiger partial charge < -0.3 is 14.3 Å². The number of nitrogens with zero attached hydrogens (tertiary/aromatic N) is 3. The summed E-state index contributed by atoms with van der Waals surface area (Å²) in [7, 11) is 0. The van der Waals surface area contributed by atoms with Crippen LogP contribution in [0, 0.1) is 6.92 Å². The van der Waals surface area contributed by atoms with Gasteiger partial charge in [-0.3, -0.25) is 4.79 Å². The van der Waals surface area contributed by atoms with Crippen LogP contribution in [0.15, 0.2) is 34.7 Å². The van der Waals surface area contributed by atoms with Gasteiger partial charge >= 0.3 is 0 Å². The number of rotatable bonds is 4. The van der Waals surface area contributed by atoms with Crippen LogP contribution in [-0.2, 0) is 11.3 Å². The summed E-state index contributed by atoms with van der Waals surface area (Å²) in [5.74, 6) is 0.982. The van der Waals surface area contributed by atoms with Gasteiger partial charge in [-0.2, -0.15) is 0 Å². The maximum atomic E-state index is 12.5. The summed E-state index contributed by atoms with van der Waals surface area (Å²) in [4.78, 5) is 12.5. The third kappa shape index (κ3) is 2.79. The molecule has 1 saturated carbocycles. The number of carbonyl (C=O) groups is 1. The number of amides is 1. The number of hydrogen-bond acceptors (Lipinski definition) is 4. The fraction of sp³-hybridized carbons (Fsp3) is 0.389. The van der Waals surface area contributed by atoms with E-state index in [-0.39, 0.29) is 12.5 Å². The molecule has 1 amide bonds. The fourth-order valence-corrected chi connectivity index (χ4v) is 3.45. The van der Waals surface area contributed by atoms with Crippen molar-refractivity contribution in [3.63, 3.8) is 0 Å². The van der Waals surface area contributed by atoms with Crippen LogP contribution in [0.4, 0.5) is 0 Å². The van der Waals surface area contributed by atoms with Crippen LogP contribution in [0.1, 0.15) is 31.6 Å². The molecule has 24 heavy (non-hydrogen) atoms. The lowest BCUT2D eigenvalue weighted by atomic mass is 10.2. The topological polar surface area (TPSA) is 73.0 Å². The molecule has 0 bridgehead atoms. The van der Waals surface area contributed by atoms with Gasteiger partial charge in [-0.15, -0.1) is 10.2 Å². The molecule has 3 aromatic rings. The molecule has 2 heterocycles. The van der Waals surface area contributed by atoms with Gasteiger partial charge in [0.2, 0.25) is 11.8 Å². The van der Waals surface area contributed by atoms with Crippen molar-refractivity contribution in [2.75, 3.05) is 0 Å². The second-order valence-electron chi connectivity index (χ2n) is 6.35. The SMILES string of the molecule is Cc1nnc(-c2cc3ccccc3n2CC(=O)NC2CCCC2)o1. The van der Waals surface area contributed by atoms with E-state index < -0.39 is 0 Å². The van der Waals surface area contributed by atoms with Crippen molar-refractivity contribution in [2.24, 2.45) is 0 Å². The number of nitrogens with one attached hydrogen (secondary N) is 1. The summed E-state index contributed by atoms with van der Waals surface area (Å²) in [6, 6.07) is 10.3. The van der Waals surface area contributed by atoms with Gasteiger partial charge in [0.15, 0.2) is 0 Å². The first-order chi connectivity index (χ1) is 11.7. The number of fused-ring (bicyclic) bond motifs is 1. The first kappa shape index (κ1) is 14.9. The molecule has 6 nitrogen and oxygen atoms in total. The quantitative estimate of drug-likeness (QED) is 0.800. The Labute approximate surface area is 139 Å². The van der Waals surface area contributed by atoms with Crippen LogP contribution in [0.3, 0.4) is 0 Å². The summed E-state index contributed by atoms with van der Waals surface area (Å²) in [5.41, 5.74) is 1.77. The maximum absolute atomic E-state index is 12.5. The van der Waals surface area contributed by atoms with E-state index in [2.05, 4.69) is 15.5 Å². The van der Waals surface area contributed by atoms with Crippen molar-refractivity contribution >= 4 is 16.8 Å². The summed E-state index contributed by atoms with van der Waals surface area (Å²) < 4.78 is 7.53. The van der Waals surface area contributed by atoms with Gasteiger partial charge in [0, 0.05) is 23.9 Å². The van der Waals surface area contributed by atoms with E-state index >= 15 is 0 Å². The molecule has 1 fully saturated rings. The number of benzene rings is 1. The molecule has 0 aliphatic heterocycles. The van der Waals surface area contributed by atoms with Crippen molar-refractivity contribution in [2.45, 2.75) is 45.2 Å². The average molecular weight is 324 g/mol. The molecule has 4 rings (SSSR count). The molecule has 124 valence electrons. The molecule has 2 aromatic heterocycles. The lowest BCUT2D eigenvalue weighted by Gasteiger charge is -2.14. The standard InChI is InChI=1S/C18H20N4O2/c1-12-20-21-18(24-12)16-10-13-6-2-5-9-15(13)22(16)11-17(23)19-14-7-3-4-8-14/h2,5-6,9-10,14H,3-4,7-8,11H2,1H3,(H,19,23). The molecular weight excluding hydrogens is 304 g/mol. The van der Waals surface area contributed by atoms with E-state index in [1.807, 2.05) is 34.9 Å². The Bertz CT molecular complexity index is 874. The summed E-state index contributed by atoms with van der Waals surface area (Å²) in [5, 5.41) is 12.2. The largest absolute Gasteiger partial charge is 0.420 e. The number of para-hydroxylation sites is 1. The van der Waals surface area contributed by atoms with Gasteiger partial charge in [-0.25, -0.2) is 0 Å². The second-order valence-corrected chi connectivity index (χ2v) is 6.35. The summed E-state index contributed by atoms with van der Waals surface area (Å²) in [6.07, 6.45) is 4.55. The molecule has 0 atom stereocenters. The molecule has 1 N–H and O–H groups in total. The van der Waals surface area contributed by atoms with E-state index in [1.54, 1.807) is 6.92 Å². The molecule has 0 radical (unpaired) electrons. The molecule has 0 unspecified atom stereocenters. The molecular formula is C18H20N4O2. The summed E-state index contributed by atoms with van der Waals surface area (Å²) in [6.45, 7) is 2.01. The van der Waals surface area contributed by atoms with E-state index in [0.29, 0.717) is 17.8 Å². The third-order valence-electron chi connectivity index (χ3n) is 4.58. The maximum Gasteiger partial charge on any atom is 0.264 e. The average Bonchev–Trinajstić information content (AvgIpc) is 3.28. The Morgan fingerprint density at radius 1 is 1.29 bits per heavy atom. The van der Waals surface area contributed by atoms with Crippen LogP contribution in [0.25, 0.3) is 22.5 Å². The van der Waals surface area contributed by atoms with Gasteiger partial charge in [-0.05, 0) is 25.0 Å². The van der Waals surface area contributed by atoms with Gasteiger partial charge in [0.25, 0.3) is 5.89 Å². The minimum atomic E-state index is 0.0285. The minimum absolute atomic E-state index is 0.0285. The number of hydrogen-bond donors (Lipinski definition) is 1. The number of aromatic nitrogens is 3. The fourth-order valence-electron chi connectivity index (χ4n) is 3.45. The molecule has 1 aromatic carbocycles. The van der Waals surface area contributed by atoms with Crippen LogP contribution >= 0.6 is 0 Å². The number of carbonyl (C=O) groups excluding carboxylic acids is 1.